The van der Waals surface area contributed by atoms with Gasteiger partial charge < -0.3 is 10.5 Å². The second-order valence-electron chi connectivity index (χ2n) is 6.81. The number of hydrogen-bond acceptors (Lipinski definition) is 5. The molecule has 35 heavy (non-hydrogen) atoms. The van der Waals surface area contributed by atoms with Crippen LogP contribution >= 0.6 is 15.9 Å². The molecule has 0 saturated heterocycles. The molecule has 0 atom stereocenters. The minimum atomic E-state index is -4.84. The molecule has 0 bridgehead atoms. The number of hydrogen-bond donors (Lipinski definition) is 2. The summed E-state index contributed by atoms with van der Waals surface area (Å²) < 4.78 is 81.8. The number of halogens is 7. The molecule has 0 aliphatic carbocycles. The average Bonchev–Trinajstić information content (AvgIpc) is 3.15. The zero-order valence-electron chi connectivity index (χ0n) is 19.6. The lowest BCUT2D eigenvalue weighted by atomic mass is 10.1. The van der Waals surface area contributed by atoms with Gasteiger partial charge in [0.1, 0.15) is 5.76 Å². The fraction of sp³-hybridized carbons (Fsp3) is 0.318. The molecule has 4 N–H and O–H groups in total. The smallest absolute Gasteiger partial charge is 0.411 e. The summed E-state index contributed by atoms with van der Waals surface area (Å²) in [6.45, 7) is 8.11. The lowest BCUT2D eigenvalue weighted by Gasteiger charge is -2.25. The molecule has 0 unspecified atom stereocenters. The van der Waals surface area contributed by atoms with Crippen molar-refractivity contribution >= 4 is 21.6 Å². The first-order valence-corrected chi connectivity index (χ1v) is 10.9. The first-order valence-electron chi connectivity index (χ1n) is 10.2. The van der Waals surface area contributed by atoms with Crippen LogP contribution in [0.3, 0.4) is 0 Å². The van der Waals surface area contributed by atoms with Gasteiger partial charge in [0.2, 0.25) is 0 Å². The Balaban J connectivity index is 0.00000298. The second-order valence-corrected chi connectivity index (χ2v) is 7.73. The maximum absolute atomic E-state index is 13.1. The fourth-order valence-corrected chi connectivity index (χ4v) is 3.15. The first-order chi connectivity index (χ1) is 16.1. The Morgan fingerprint density at radius 3 is 2.17 bits per heavy atom. The number of allylic oxidation sites excluding steroid dienone is 4. The monoisotopic (exact) mass is 569 g/mol. The van der Waals surface area contributed by atoms with Gasteiger partial charge in [0.05, 0.1) is 17.1 Å². The van der Waals surface area contributed by atoms with Gasteiger partial charge >= 0.3 is 12.5 Å². The van der Waals surface area contributed by atoms with E-state index < -0.39 is 24.0 Å². The van der Waals surface area contributed by atoms with Crippen molar-refractivity contribution in [2.24, 2.45) is 11.6 Å². The second kappa shape index (κ2) is 12.2. The minimum Gasteiger partial charge on any atom is -0.411 e. The van der Waals surface area contributed by atoms with Crippen molar-refractivity contribution in [1.29, 1.82) is 0 Å². The van der Waals surface area contributed by atoms with Crippen molar-refractivity contribution in [3.8, 4) is 5.69 Å². The Labute approximate surface area is 207 Å². The number of ether oxygens (including phenoxy) is 1. The molecule has 2 rings (SSSR count). The molecule has 13 heteroatoms. The van der Waals surface area contributed by atoms with Gasteiger partial charge in [-0.3, -0.25) is 5.01 Å². The third-order valence-electron chi connectivity index (χ3n) is 4.27. The number of aromatic nitrogens is 2. The highest BCUT2D eigenvalue weighted by molar-refractivity contribution is 9.10. The number of rotatable bonds is 6. The van der Waals surface area contributed by atoms with E-state index in [9.17, 15) is 26.3 Å². The molecular formula is C22H26BrF6N5O. The van der Waals surface area contributed by atoms with Gasteiger partial charge in [-0.25, -0.2) is 10.5 Å². The van der Waals surface area contributed by atoms with E-state index in [-0.39, 0.29) is 22.8 Å². The summed E-state index contributed by atoms with van der Waals surface area (Å²) in [5.74, 6) is 5.82. The number of aryl methyl sites for hydroxylation is 1. The van der Waals surface area contributed by atoms with E-state index >= 15 is 0 Å². The molecule has 1 aromatic heterocycles. The number of nitrogens with two attached hydrogens (primary N) is 2. The Kier molecular flexibility index (Phi) is 10.5. The Morgan fingerprint density at radius 2 is 1.69 bits per heavy atom. The summed E-state index contributed by atoms with van der Waals surface area (Å²) in [5.41, 5.74) is 5.79. The number of hydrazine groups is 1. The van der Waals surface area contributed by atoms with Crippen LogP contribution in [0.1, 0.15) is 39.1 Å². The molecule has 6 nitrogen and oxygen atoms in total. The predicted octanol–water partition coefficient (Wildman–Crippen LogP) is 6.85. The van der Waals surface area contributed by atoms with Gasteiger partial charge in [-0.1, -0.05) is 35.9 Å². The fourth-order valence-electron chi connectivity index (χ4n) is 2.80. The van der Waals surface area contributed by atoms with Gasteiger partial charge in [0.25, 0.3) is 0 Å². The molecular weight excluding hydrogens is 544 g/mol. The van der Waals surface area contributed by atoms with Crippen LogP contribution in [0.2, 0.25) is 0 Å². The SMILES string of the molecule is CC.C\C(=C/C=C(C)/C(=C/N)N(N)c1cc(Br)ccc1-n1nc(C(F)(F)F)cc1C)OC(F)(F)F. The van der Waals surface area contributed by atoms with E-state index in [4.69, 9.17) is 11.6 Å². The van der Waals surface area contributed by atoms with Crippen molar-refractivity contribution in [3.05, 3.63) is 75.5 Å². The molecule has 0 saturated carbocycles. The van der Waals surface area contributed by atoms with Crippen LogP contribution in [0.25, 0.3) is 5.69 Å². The molecule has 0 amide bonds. The van der Waals surface area contributed by atoms with Crippen LogP contribution in [0.15, 0.2) is 64.1 Å². The van der Waals surface area contributed by atoms with Crippen molar-refractivity contribution < 1.29 is 31.1 Å². The van der Waals surface area contributed by atoms with E-state index in [0.29, 0.717) is 10.0 Å². The molecule has 1 heterocycles. The third kappa shape index (κ3) is 8.35. The summed E-state index contributed by atoms with van der Waals surface area (Å²) in [4.78, 5) is 0. The average molecular weight is 570 g/mol. The summed E-state index contributed by atoms with van der Waals surface area (Å²) in [7, 11) is 0. The predicted molar refractivity (Wildman–Crippen MR) is 126 cm³/mol. The van der Waals surface area contributed by atoms with E-state index in [0.717, 1.165) is 35.0 Å². The normalized spacial score (nSPS) is 13.3. The zero-order chi connectivity index (χ0) is 27.1. The lowest BCUT2D eigenvalue weighted by molar-refractivity contribution is -0.305. The highest BCUT2D eigenvalue weighted by Gasteiger charge is 2.35. The molecule has 0 aliphatic rings. The Hall–Kier alpha value is -2.93. The van der Waals surface area contributed by atoms with Gasteiger partial charge in [0.15, 0.2) is 5.69 Å². The van der Waals surface area contributed by atoms with Crippen LogP contribution in [0, 0.1) is 6.92 Å². The van der Waals surface area contributed by atoms with Gasteiger partial charge in [-0.15, -0.1) is 13.2 Å². The zero-order valence-corrected chi connectivity index (χ0v) is 21.2. The summed E-state index contributed by atoms with van der Waals surface area (Å²) in [6, 6.07) is 5.53. The molecule has 0 radical (unpaired) electrons. The lowest BCUT2D eigenvalue weighted by Crippen LogP contribution is -2.32. The molecule has 0 fully saturated rings. The molecule has 0 aliphatic heterocycles. The number of benzene rings is 1. The Morgan fingerprint density at radius 1 is 1.09 bits per heavy atom. The maximum Gasteiger partial charge on any atom is 0.572 e. The Bertz CT molecular complexity index is 1100. The quantitative estimate of drug-likeness (QED) is 0.131. The van der Waals surface area contributed by atoms with E-state index in [1.54, 1.807) is 6.07 Å². The van der Waals surface area contributed by atoms with Crippen molar-refractivity contribution in [2.45, 2.75) is 47.2 Å². The van der Waals surface area contributed by atoms with Crippen molar-refractivity contribution in [2.75, 3.05) is 5.01 Å². The summed E-state index contributed by atoms with van der Waals surface area (Å²) in [5, 5.41) is 4.74. The standard InChI is InChI=1S/C20H20BrF6N5O.C2H6/c1-11(4-5-13(3)33-20(25,26)27)17(10-28)31(29)16-9-14(21)6-7-15(16)32-12(2)8-18(30-32)19(22,23)24;1-2/h4-10H,28-29H2,1-3H3;1-2H3/b11-4+,13-5+,17-10-;. The van der Waals surface area contributed by atoms with Crippen LogP contribution in [0.4, 0.5) is 32.0 Å². The van der Waals surface area contributed by atoms with Gasteiger partial charge in [0, 0.05) is 16.4 Å². The molecule has 194 valence electrons. The van der Waals surface area contributed by atoms with Crippen LogP contribution < -0.4 is 16.6 Å². The van der Waals surface area contributed by atoms with E-state index in [1.165, 1.54) is 32.1 Å². The van der Waals surface area contributed by atoms with Gasteiger partial charge in [-0.05, 0) is 56.7 Å². The number of anilines is 1. The maximum atomic E-state index is 13.1. The third-order valence-corrected chi connectivity index (χ3v) is 4.76. The number of alkyl halides is 6. The van der Waals surface area contributed by atoms with Crippen molar-refractivity contribution in [3.63, 3.8) is 0 Å². The summed E-state index contributed by atoms with van der Waals surface area (Å²) in [6.07, 6.45) is -5.98. The first kappa shape index (κ1) is 30.1. The van der Waals surface area contributed by atoms with Gasteiger partial charge in [-0.2, -0.15) is 18.3 Å². The van der Waals surface area contributed by atoms with E-state index in [2.05, 4.69) is 25.8 Å². The molecule has 1 aromatic carbocycles. The summed E-state index contributed by atoms with van der Waals surface area (Å²) >= 11 is 3.29. The van der Waals surface area contributed by atoms with Crippen LogP contribution in [-0.4, -0.2) is 16.1 Å². The molecule has 0 spiro atoms. The van der Waals surface area contributed by atoms with Crippen LogP contribution in [-0.2, 0) is 10.9 Å². The van der Waals surface area contributed by atoms with Crippen LogP contribution in [0.5, 0.6) is 0 Å². The minimum absolute atomic E-state index is 0.172. The highest BCUT2D eigenvalue weighted by Crippen LogP contribution is 2.34. The largest absolute Gasteiger partial charge is 0.572 e. The van der Waals surface area contributed by atoms with Crippen molar-refractivity contribution in [1.82, 2.24) is 9.78 Å². The molecule has 2 aromatic rings. The number of nitrogens with zero attached hydrogens (tertiary/aromatic N) is 3. The highest BCUT2D eigenvalue weighted by atomic mass is 79.9. The topological polar surface area (TPSA) is 82.3 Å². The van der Waals surface area contributed by atoms with E-state index in [1.807, 2.05) is 13.8 Å².